The van der Waals surface area contributed by atoms with Crippen LogP contribution in [0.2, 0.25) is 0 Å². The summed E-state index contributed by atoms with van der Waals surface area (Å²) >= 11 is 2.05. The second-order valence-corrected chi connectivity index (χ2v) is 2.04. The minimum atomic E-state index is 0.803. The summed E-state index contributed by atoms with van der Waals surface area (Å²) in [6.07, 6.45) is 0. The van der Waals surface area contributed by atoms with Gasteiger partial charge in [-0.2, -0.15) is 0 Å². The Bertz CT molecular complexity index is 142. The smallest absolute Gasteiger partial charge is 0.212 e. The third-order valence-corrected chi connectivity index (χ3v) is 1.48. The lowest BCUT2D eigenvalue weighted by Crippen LogP contribution is -1.91. The Hall–Kier alpha value is -0.200. The quantitative estimate of drug-likeness (QED) is 0.557. The highest BCUT2D eigenvalue weighted by Crippen LogP contribution is 1.90. The Kier molecular flexibility index (Phi) is 1.22. The Labute approximate surface area is 54.0 Å². The van der Waals surface area contributed by atoms with Gasteiger partial charge >= 0.3 is 0 Å². The molecule has 1 heterocycles. The van der Waals surface area contributed by atoms with E-state index in [0.717, 1.165) is 3.83 Å². The zero-order chi connectivity index (χ0) is 5.28. The van der Waals surface area contributed by atoms with Crippen molar-refractivity contribution in [2.24, 2.45) is 7.05 Å². The standard InChI is InChI=1S/C2H3IN4/c1-7-2(3)4-5-6-7/h1H3. The van der Waals surface area contributed by atoms with Gasteiger partial charge in [0.25, 0.3) is 0 Å². The van der Waals surface area contributed by atoms with Crippen molar-refractivity contribution in [2.75, 3.05) is 0 Å². The summed E-state index contributed by atoms with van der Waals surface area (Å²) < 4.78 is 2.40. The lowest BCUT2D eigenvalue weighted by atomic mass is 11.2. The second-order valence-electron chi connectivity index (χ2n) is 1.07. The number of rotatable bonds is 0. The molecule has 0 fully saturated rings. The van der Waals surface area contributed by atoms with Gasteiger partial charge in [-0.3, -0.25) is 0 Å². The van der Waals surface area contributed by atoms with Crippen molar-refractivity contribution < 1.29 is 0 Å². The molecule has 0 aliphatic heterocycles. The molecule has 5 heteroatoms. The van der Waals surface area contributed by atoms with Crippen molar-refractivity contribution in [1.29, 1.82) is 0 Å². The van der Waals surface area contributed by atoms with Gasteiger partial charge in [-0.25, -0.2) is 4.68 Å². The largest absolute Gasteiger partial charge is 0.224 e. The molecule has 0 saturated carbocycles. The minimum absolute atomic E-state index is 0.803. The molecule has 1 aromatic rings. The first-order valence-electron chi connectivity index (χ1n) is 1.68. The van der Waals surface area contributed by atoms with Crippen LogP contribution in [0.4, 0.5) is 0 Å². The Morgan fingerprint density at radius 3 is 2.57 bits per heavy atom. The fraction of sp³-hybridized carbons (Fsp3) is 0.500. The molecular weight excluding hydrogens is 207 g/mol. The molecule has 0 atom stereocenters. The lowest BCUT2D eigenvalue weighted by Gasteiger charge is -1.79. The number of aromatic nitrogens is 4. The number of aryl methyl sites for hydroxylation is 1. The van der Waals surface area contributed by atoms with Gasteiger partial charge in [-0.1, -0.05) is 0 Å². The molecule has 0 unspecified atom stereocenters. The molecule has 1 aromatic heterocycles. The summed E-state index contributed by atoms with van der Waals surface area (Å²) in [4.78, 5) is 0. The Balaban J connectivity index is 3.12. The molecule has 7 heavy (non-hydrogen) atoms. The van der Waals surface area contributed by atoms with Crippen molar-refractivity contribution in [1.82, 2.24) is 20.2 Å². The molecule has 0 aliphatic rings. The molecule has 1 rings (SSSR count). The summed E-state index contributed by atoms with van der Waals surface area (Å²) in [6, 6.07) is 0. The van der Waals surface area contributed by atoms with Crippen LogP contribution >= 0.6 is 22.6 Å². The van der Waals surface area contributed by atoms with Crippen LogP contribution in [0, 0.1) is 3.83 Å². The molecule has 0 spiro atoms. The third-order valence-electron chi connectivity index (χ3n) is 0.568. The molecule has 38 valence electrons. The summed E-state index contributed by atoms with van der Waals surface area (Å²) in [6.45, 7) is 0. The van der Waals surface area contributed by atoms with Crippen LogP contribution in [0.5, 0.6) is 0 Å². The Morgan fingerprint density at radius 2 is 2.43 bits per heavy atom. The van der Waals surface area contributed by atoms with E-state index >= 15 is 0 Å². The first-order valence-corrected chi connectivity index (χ1v) is 2.76. The SMILES string of the molecule is Cn1nnnc1I. The summed E-state index contributed by atoms with van der Waals surface area (Å²) in [7, 11) is 1.79. The molecule has 0 amide bonds. The highest BCUT2D eigenvalue weighted by molar-refractivity contribution is 14.1. The van der Waals surface area contributed by atoms with Gasteiger partial charge in [0.2, 0.25) is 3.83 Å². The van der Waals surface area contributed by atoms with Crippen LogP contribution in [0.1, 0.15) is 0 Å². The lowest BCUT2D eigenvalue weighted by molar-refractivity contribution is 0.699. The van der Waals surface area contributed by atoms with Gasteiger partial charge < -0.3 is 0 Å². The van der Waals surface area contributed by atoms with E-state index in [1.165, 1.54) is 0 Å². The van der Waals surface area contributed by atoms with Crippen molar-refractivity contribution in [3.8, 4) is 0 Å². The highest BCUT2D eigenvalue weighted by Gasteiger charge is 1.90. The average Bonchev–Trinajstić information content (AvgIpc) is 1.91. The van der Waals surface area contributed by atoms with E-state index in [-0.39, 0.29) is 0 Å². The topological polar surface area (TPSA) is 43.6 Å². The Morgan fingerprint density at radius 1 is 1.71 bits per heavy atom. The number of tetrazole rings is 1. The molecule has 4 nitrogen and oxygen atoms in total. The van der Waals surface area contributed by atoms with Crippen molar-refractivity contribution in [2.45, 2.75) is 0 Å². The number of hydrogen-bond acceptors (Lipinski definition) is 3. The van der Waals surface area contributed by atoms with Crippen molar-refractivity contribution in [3.05, 3.63) is 3.83 Å². The first kappa shape index (κ1) is 4.95. The average molecular weight is 210 g/mol. The molecule has 0 N–H and O–H groups in total. The van der Waals surface area contributed by atoms with E-state index in [1.807, 2.05) is 22.6 Å². The van der Waals surface area contributed by atoms with Gasteiger partial charge in [0.15, 0.2) is 0 Å². The molecule has 0 radical (unpaired) electrons. The first-order chi connectivity index (χ1) is 3.30. The maximum absolute atomic E-state index is 3.60. The van der Waals surface area contributed by atoms with Crippen LogP contribution in [-0.4, -0.2) is 20.2 Å². The molecule has 0 bridgehead atoms. The van der Waals surface area contributed by atoms with Gasteiger partial charge in [-0.15, -0.1) is 5.10 Å². The molecule has 0 saturated heterocycles. The summed E-state index contributed by atoms with van der Waals surface area (Å²) in [5, 5.41) is 10.5. The fourth-order valence-corrected chi connectivity index (χ4v) is 0.412. The molecule has 0 aliphatic carbocycles. The summed E-state index contributed by atoms with van der Waals surface area (Å²) in [5.41, 5.74) is 0. The van der Waals surface area contributed by atoms with Crippen LogP contribution in [0.3, 0.4) is 0 Å². The normalized spacial score (nSPS) is 9.43. The van der Waals surface area contributed by atoms with Crippen LogP contribution in [-0.2, 0) is 7.05 Å². The maximum atomic E-state index is 3.60. The maximum Gasteiger partial charge on any atom is 0.212 e. The van der Waals surface area contributed by atoms with Gasteiger partial charge in [-0.05, 0) is 10.4 Å². The number of nitrogens with zero attached hydrogens (tertiary/aromatic N) is 4. The van der Waals surface area contributed by atoms with Crippen LogP contribution in [0.15, 0.2) is 0 Å². The van der Waals surface area contributed by atoms with E-state index in [4.69, 9.17) is 0 Å². The van der Waals surface area contributed by atoms with Crippen LogP contribution < -0.4 is 0 Å². The van der Waals surface area contributed by atoms with Gasteiger partial charge in [0, 0.05) is 29.6 Å². The molecule has 0 aromatic carbocycles. The second kappa shape index (κ2) is 1.73. The predicted molar refractivity (Wildman–Crippen MR) is 31.5 cm³/mol. The fourth-order valence-electron chi connectivity index (χ4n) is 0.219. The number of hydrogen-bond donors (Lipinski definition) is 0. The van der Waals surface area contributed by atoms with Gasteiger partial charge in [0.05, 0.1) is 0 Å². The van der Waals surface area contributed by atoms with E-state index in [0.29, 0.717) is 0 Å². The van der Waals surface area contributed by atoms with Crippen molar-refractivity contribution in [3.63, 3.8) is 0 Å². The predicted octanol–water partition coefficient (Wildman–Crippen LogP) is -0.185. The van der Waals surface area contributed by atoms with Crippen LogP contribution in [0.25, 0.3) is 0 Å². The zero-order valence-electron chi connectivity index (χ0n) is 3.67. The third kappa shape index (κ3) is 0.872. The van der Waals surface area contributed by atoms with E-state index < -0.39 is 0 Å². The van der Waals surface area contributed by atoms with Crippen molar-refractivity contribution >= 4 is 22.6 Å². The van der Waals surface area contributed by atoms with E-state index in [9.17, 15) is 0 Å². The monoisotopic (exact) mass is 210 g/mol. The van der Waals surface area contributed by atoms with Gasteiger partial charge in [0.1, 0.15) is 0 Å². The summed E-state index contributed by atoms with van der Waals surface area (Å²) in [5.74, 6) is 0. The number of halogens is 1. The molecular formula is C2H3IN4. The highest BCUT2D eigenvalue weighted by atomic mass is 127. The van der Waals surface area contributed by atoms with E-state index in [2.05, 4.69) is 15.5 Å². The minimum Gasteiger partial charge on any atom is -0.224 e. The van der Waals surface area contributed by atoms with E-state index in [1.54, 1.807) is 11.7 Å². The zero-order valence-corrected chi connectivity index (χ0v) is 5.82.